The summed E-state index contributed by atoms with van der Waals surface area (Å²) in [5.74, 6) is 2.97. The number of nitrogens with one attached hydrogen (secondary N) is 3. The van der Waals surface area contributed by atoms with Gasteiger partial charge in [-0.1, -0.05) is 71.7 Å². The number of furan rings is 3. The fourth-order valence-electron chi connectivity index (χ4n) is 16.1. The number of piperazine rings is 3. The number of nitrogens with zero attached hydrogens (tertiary/aromatic N) is 9. The first-order valence-electron chi connectivity index (χ1n) is 38.7. The van der Waals surface area contributed by atoms with Crippen LogP contribution in [-0.4, -0.2) is 120 Å². The van der Waals surface area contributed by atoms with E-state index in [9.17, 15) is 14.4 Å². The molecule has 13 aromatic rings. The highest BCUT2D eigenvalue weighted by Crippen LogP contribution is 2.43. The van der Waals surface area contributed by atoms with Crippen molar-refractivity contribution in [3.63, 3.8) is 0 Å². The number of hydrogen-bond donors (Lipinski definition) is 4. The van der Waals surface area contributed by atoms with Crippen molar-refractivity contribution in [2.75, 3.05) is 128 Å². The van der Waals surface area contributed by atoms with E-state index in [0.29, 0.717) is 88.3 Å². The van der Waals surface area contributed by atoms with Crippen LogP contribution in [0.15, 0.2) is 250 Å². The molecule has 19 rings (SSSR count). The van der Waals surface area contributed by atoms with Gasteiger partial charge in [0.05, 0.1) is 30.4 Å². The predicted molar refractivity (Wildman–Crippen MR) is 454 cm³/mol. The lowest BCUT2D eigenvalue weighted by Crippen LogP contribution is -2.43. The fraction of sp³-hybridized carbons (Fsp3) is 0.204. The molecular formula is C93H83Cl2N13O7. The molecule has 0 spiro atoms. The number of hydrogen-bond acceptors (Lipinski definition) is 17. The van der Waals surface area contributed by atoms with Gasteiger partial charge in [-0.3, -0.25) is 24.3 Å². The molecule has 3 saturated heterocycles. The van der Waals surface area contributed by atoms with Gasteiger partial charge < -0.3 is 64.2 Å². The molecule has 6 aliphatic rings. The summed E-state index contributed by atoms with van der Waals surface area (Å²) in [6, 6.07) is 73.5. The monoisotopic (exact) mass is 1560 g/mol. The Morgan fingerprint density at radius 2 is 0.809 bits per heavy atom. The highest BCUT2D eigenvalue weighted by molar-refractivity contribution is 6.31. The van der Waals surface area contributed by atoms with Crippen molar-refractivity contribution in [2.45, 2.75) is 32.4 Å². The molecule has 3 fully saturated rings. The molecule has 0 aliphatic carbocycles. The standard InChI is InChI=1S/C34H30ClN5O2.C34H29ClN4O2.C25H24N4O3/c35-27-8-5-22(6-9-27)31-19-26-17-25-18-28(39-15-13-37-14-16-39)10-11-30(25)40(34(41)33(26)42-31)21-24-3-1-2-4-29(24)23-7-12-32(36)38-20-23;35-28-7-5-24(6-8-28)32-21-27-19-26-20-29(38-17-15-37-16-18-38)9-10-31(26)39(34(40)33(27)41-32)22-25-3-1-2-4-30(25)23-11-13-36-14-12-23;1-31-16-29-22-7-6-21(28-10-8-27-9-11-28)13-19(22)12-20-14-23(32-24(20)25(29)30)18-4-2-17(15-26)3-5-18/h1-12,18-20,37H,13-17,21H2,(H2,36,38);1-14,20-21,37H,15-19,22H2;2-7,13-14,27H,8-12,16H2,1H3. The Kier molecular flexibility index (Phi) is 22.0. The Hall–Kier alpha value is -12.6. The first-order chi connectivity index (χ1) is 56.3. The Morgan fingerprint density at radius 1 is 0.435 bits per heavy atom. The molecule has 5 N–H and O–H groups in total. The second-order valence-electron chi connectivity index (χ2n) is 29.2. The number of ether oxygens (including phenoxy) is 1. The number of carbonyl (C=O) groups excluding carboxylic acids is 3. The number of fused-ring (bicyclic) bond motifs is 6. The molecule has 20 nitrogen and oxygen atoms in total. The number of carbonyl (C=O) groups is 3. The minimum atomic E-state index is -0.213. The topological polar surface area (TPSA) is 231 Å². The van der Waals surface area contributed by atoms with Crippen LogP contribution in [0.25, 0.3) is 56.2 Å². The largest absolute Gasteiger partial charge is 0.451 e. The van der Waals surface area contributed by atoms with Gasteiger partial charge in [0.15, 0.2) is 17.3 Å². The minimum absolute atomic E-state index is 0.140. The SMILES string of the molecule is COCN1C(=O)c2oc(-c3ccc(C#N)cc3)cc2Cc2cc(N3CCNCC3)ccc21.Nc1ccc(-c2ccccc2CN2C(=O)c3oc(-c4ccc(Cl)cc4)cc3Cc3cc(N4CCNCC4)ccc32)cn1.O=C1c2oc(-c3ccc(Cl)cc3)cc2Cc2cc(N3CCNCC3)ccc2N1Cc1ccccc1-c1ccncc1. The third-order valence-corrected chi connectivity index (χ3v) is 22.5. The van der Waals surface area contributed by atoms with Crippen LogP contribution in [0.4, 0.5) is 39.9 Å². The Morgan fingerprint density at radius 3 is 1.20 bits per heavy atom. The summed E-state index contributed by atoms with van der Waals surface area (Å²) in [4.78, 5) is 63.1. The molecule has 5 aromatic heterocycles. The molecule has 0 atom stereocenters. The molecule has 22 heteroatoms. The molecule has 0 unspecified atom stereocenters. The van der Waals surface area contributed by atoms with Crippen LogP contribution in [0, 0.1) is 11.3 Å². The third kappa shape index (κ3) is 16.1. The van der Waals surface area contributed by atoms with E-state index in [2.05, 4.69) is 119 Å². The van der Waals surface area contributed by atoms with Crippen molar-refractivity contribution in [3.05, 3.63) is 314 Å². The number of amides is 3. The lowest BCUT2D eigenvalue weighted by atomic mass is 9.99. The zero-order valence-electron chi connectivity index (χ0n) is 63.5. The summed E-state index contributed by atoms with van der Waals surface area (Å²) in [5.41, 5.74) is 27.2. The number of benzene rings is 8. The second-order valence-corrected chi connectivity index (χ2v) is 30.1. The number of anilines is 7. The smallest absolute Gasteiger partial charge is 0.296 e. The number of methoxy groups -OCH3 is 1. The van der Waals surface area contributed by atoms with E-state index >= 15 is 0 Å². The quantitative estimate of drug-likeness (QED) is 0.0793. The van der Waals surface area contributed by atoms with E-state index in [0.717, 1.165) is 185 Å². The van der Waals surface area contributed by atoms with Crippen molar-refractivity contribution < 1.29 is 32.4 Å². The number of rotatable bonds is 14. The van der Waals surface area contributed by atoms with Crippen molar-refractivity contribution in [3.8, 4) is 62.3 Å². The van der Waals surface area contributed by atoms with Crippen LogP contribution in [0.2, 0.25) is 10.0 Å². The maximum Gasteiger partial charge on any atom is 0.296 e. The summed E-state index contributed by atoms with van der Waals surface area (Å²) in [6.07, 6.45) is 7.15. The summed E-state index contributed by atoms with van der Waals surface area (Å²) in [7, 11) is 1.58. The molecule has 0 bridgehead atoms. The van der Waals surface area contributed by atoms with Gasteiger partial charge in [-0.05, 0) is 214 Å². The summed E-state index contributed by atoms with van der Waals surface area (Å²) in [5, 5.41) is 20.6. The van der Waals surface area contributed by atoms with Gasteiger partial charge in [-0.25, -0.2) is 4.98 Å². The van der Waals surface area contributed by atoms with Gasteiger partial charge in [0.1, 0.15) is 29.8 Å². The average molecular weight is 1570 g/mol. The van der Waals surface area contributed by atoms with Gasteiger partial charge in [-0.2, -0.15) is 5.26 Å². The van der Waals surface area contributed by atoms with Crippen molar-refractivity contribution in [1.82, 2.24) is 25.9 Å². The normalized spacial score (nSPS) is 15.1. The molecule has 8 aromatic carbocycles. The van der Waals surface area contributed by atoms with Crippen LogP contribution in [-0.2, 0) is 37.1 Å². The highest BCUT2D eigenvalue weighted by Gasteiger charge is 2.36. The molecule has 11 heterocycles. The number of aromatic nitrogens is 2. The maximum atomic E-state index is 14.3. The number of halogens is 2. The Balaban J connectivity index is 0.000000126. The molecule has 576 valence electrons. The van der Waals surface area contributed by atoms with Crippen molar-refractivity contribution >= 4 is 80.9 Å². The van der Waals surface area contributed by atoms with Gasteiger partial charge in [-0.15, -0.1) is 0 Å². The van der Waals surface area contributed by atoms with Crippen LogP contribution < -0.4 is 51.1 Å². The average Bonchev–Trinajstić information content (AvgIpc) is 1.54. The van der Waals surface area contributed by atoms with E-state index in [4.69, 9.17) is 52.2 Å². The Bertz CT molecular complexity index is 5770. The maximum absolute atomic E-state index is 14.3. The number of pyridine rings is 2. The van der Waals surface area contributed by atoms with Gasteiger partial charge in [0.2, 0.25) is 0 Å². The van der Waals surface area contributed by atoms with E-state index in [1.165, 1.54) is 11.4 Å². The highest BCUT2D eigenvalue weighted by atomic mass is 35.5. The van der Waals surface area contributed by atoms with Crippen LogP contribution in [0.5, 0.6) is 0 Å². The predicted octanol–water partition coefficient (Wildman–Crippen LogP) is 16.6. The van der Waals surface area contributed by atoms with Crippen molar-refractivity contribution in [2.24, 2.45) is 0 Å². The molecule has 0 saturated carbocycles. The molecule has 0 radical (unpaired) electrons. The summed E-state index contributed by atoms with van der Waals surface area (Å²) < 4.78 is 24.1. The zero-order valence-corrected chi connectivity index (χ0v) is 65.0. The molecule has 115 heavy (non-hydrogen) atoms. The van der Waals surface area contributed by atoms with E-state index in [1.54, 1.807) is 48.8 Å². The lowest BCUT2D eigenvalue weighted by Gasteiger charge is -2.31. The third-order valence-electron chi connectivity index (χ3n) is 22.0. The minimum Gasteiger partial charge on any atom is -0.451 e. The van der Waals surface area contributed by atoms with Crippen LogP contribution >= 0.6 is 23.2 Å². The first kappa shape index (κ1) is 75.1. The van der Waals surface area contributed by atoms with E-state index in [1.807, 2.05) is 137 Å². The van der Waals surface area contributed by atoms with Crippen LogP contribution in [0.3, 0.4) is 0 Å². The number of nitrogen functional groups attached to an aromatic ring is 1. The molecule has 3 amide bonds. The van der Waals surface area contributed by atoms with Gasteiger partial charge in [0, 0.05) is 201 Å². The van der Waals surface area contributed by atoms with E-state index in [-0.39, 0.29) is 24.5 Å². The fourth-order valence-corrected chi connectivity index (χ4v) is 16.3. The summed E-state index contributed by atoms with van der Waals surface area (Å²) >= 11 is 12.3. The molecular weight excluding hydrogens is 1480 g/mol. The van der Waals surface area contributed by atoms with Crippen LogP contribution in [0.1, 0.15) is 81.7 Å². The zero-order chi connectivity index (χ0) is 78.5. The van der Waals surface area contributed by atoms with Gasteiger partial charge >= 0.3 is 0 Å². The van der Waals surface area contributed by atoms with Crippen molar-refractivity contribution in [1.29, 1.82) is 5.26 Å². The van der Waals surface area contributed by atoms with E-state index < -0.39 is 0 Å². The number of nitrogens with two attached hydrogens (primary N) is 1. The first-order valence-corrected chi connectivity index (χ1v) is 39.5. The summed E-state index contributed by atoms with van der Waals surface area (Å²) in [6.45, 7) is 12.4. The van der Waals surface area contributed by atoms with Gasteiger partial charge in [0.25, 0.3) is 17.7 Å². The Labute approximate surface area is 676 Å². The number of nitriles is 1. The molecule has 6 aliphatic heterocycles. The second kappa shape index (κ2) is 33.6. The lowest BCUT2D eigenvalue weighted by molar-refractivity contribution is 0.0909.